The van der Waals surface area contributed by atoms with Crippen LogP contribution in [0.25, 0.3) is 11.4 Å². The molecule has 17 heavy (non-hydrogen) atoms. The fraction of sp³-hybridized carbons (Fsp3) is 0.231. The van der Waals surface area contributed by atoms with Crippen LogP contribution < -0.4 is 0 Å². The van der Waals surface area contributed by atoms with Gasteiger partial charge in [-0.1, -0.05) is 11.6 Å². The molecular formula is C13H12ClFN2. The molecule has 0 aliphatic carbocycles. The van der Waals surface area contributed by atoms with Crippen LogP contribution >= 0.6 is 11.6 Å². The molecule has 0 atom stereocenters. The van der Waals surface area contributed by atoms with E-state index in [4.69, 9.17) is 11.6 Å². The molecule has 0 aliphatic heterocycles. The van der Waals surface area contributed by atoms with E-state index >= 15 is 0 Å². The molecule has 4 heteroatoms. The number of aromatic nitrogens is 2. The normalized spacial score (nSPS) is 10.6. The van der Waals surface area contributed by atoms with Gasteiger partial charge in [0.25, 0.3) is 0 Å². The summed E-state index contributed by atoms with van der Waals surface area (Å²) in [7, 11) is 0. The minimum Gasteiger partial charge on any atom is -0.233 e. The van der Waals surface area contributed by atoms with Crippen molar-refractivity contribution in [3.8, 4) is 11.4 Å². The van der Waals surface area contributed by atoms with Crippen molar-refractivity contribution in [1.29, 1.82) is 0 Å². The second-order valence-corrected chi connectivity index (χ2v) is 4.42. The Morgan fingerprint density at radius 3 is 2.35 bits per heavy atom. The van der Waals surface area contributed by atoms with Gasteiger partial charge < -0.3 is 0 Å². The van der Waals surface area contributed by atoms with Crippen molar-refractivity contribution in [2.75, 3.05) is 0 Å². The first-order valence-electron chi connectivity index (χ1n) is 5.25. The van der Waals surface area contributed by atoms with Crippen LogP contribution in [0.2, 0.25) is 5.15 Å². The maximum atomic E-state index is 13.3. The Balaban J connectivity index is 2.60. The van der Waals surface area contributed by atoms with Gasteiger partial charge in [0.05, 0.1) is 0 Å². The molecule has 0 radical (unpaired) electrons. The Labute approximate surface area is 104 Å². The predicted octanol–water partition coefficient (Wildman–Crippen LogP) is 3.86. The van der Waals surface area contributed by atoms with E-state index in [1.165, 1.54) is 12.1 Å². The summed E-state index contributed by atoms with van der Waals surface area (Å²) in [6, 6.07) is 4.71. The number of benzene rings is 1. The Morgan fingerprint density at radius 1 is 1.06 bits per heavy atom. The average molecular weight is 251 g/mol. The van der Waals surface area contributed by atoms with Gasteiger partial charge in [0.15, 0.2) is 5.82 Å². The third kappa shape index (κ3) is 2.44. The van der Waals surface area contributed by atoms with Crippen molar-refractivity contribution in [2.45, 2.75) is 20.8 Å². The maximum absolute atomic E-state index is 13.3. The van der Waals surface area contributed by atoms with Gasteiger partial charge in [-0.2, -0.15) is 0 Å². The zero-order valence-corrected chi connectivity index (χ0v) is 10.6. The lowest BCUT2D eigenvalue weighted by Crippen LogP contribution is -1.97. The molecule has 0 saturated heterocycles. The van der Waals surface area contributed by atoms with Gasteiger partial charge in [0.1, 0.15) is 11.0 Å². The van der Waals surface area contributed by atoms with E-state index in [2.05, 4.69) is 9.97 Å². The number of rotatable bonds is 1. The zero-order chi connectivity index (χ0) is 12.6. The molecule has 2 nitrogen and oxygen atoms in total. The van der Waals surface area contributed by atoms with Crippen LogP contribution in [-0.2, 0) is 0 Å². The largest absolute Gasteiger partial charge is 0.233 e. The molecular weight excluding hydrogens is 239 g/mol. The third-order valence-electron chi connectivity index (χ3n) is 2.63. The summed E-state index contributed by atoms with van der Waals surface area (Å²) >= 11 is 6.00. The molecule has 0 fully saturated rings. The van der Waals surface area contributed by atoms with Crippen LogP contribution in [0.5, 0.6) is 0 Å². The summed E-state index contributed by atoms with van der Waals surface area (Å²) in [5, 5.41) is 0.411. The minimum absolute atomic E-state index is 0.294. The fourth-order valence-electron chi connectivity index (χ4n) is 1.59. The van der Waals surface area contributed by atoms with Gasteiger partial charge in [-0.05, 0) is 44.5 Å². The molecule has 1 aromatic carbocycles. The van der Waals surface area contributed by atoms with E-state index in [0.29, 0.717) is 16.5 Å². The summed E-state index contributed by atoms with van der Waals surface area (Å²) in [6.45, 7) is 5.55. The molecule has 0 bridgehead atoms. The monoisotopic (exact) mass is 250 g/mol. The Kier molecular flexibility index (Phi) is 3.11. The van der Waals surface area contributed by atoms with Crippen LogP contribution in [0.3, 0.4) is 0 Å². The summed E-state index contributed by atoms with van der Waals surface area (Å²) in [6.07, 6.45) is 0. The van der Waals surface area contributed by atoms with Gasteiger partial charge in [-0.15, -0.1) is 0 Å². The van der Waals surface area contributed by atoms with Crippen molar-refractivity contribution in [3.63, 3.8) is 0 Å². The van der Waals surface area contributed by atoms with Gasteiger partial charge in [-0.25, -0.2) is 14.4 Å². The van der Waals surface area contributed by atoms with Crippen molar-refractivity contribution >= 4 is 11.6 Å². The second kappa shape index (κ2) is 4.41. The summed E-state index contributed by atoms with van der Waals surface area (Å²) in [5.74, 6) is 0.165. The lowest BCUT2D eigenvalue weighted by Gasteiger charge is -2.06. The van der Waals surface area contributed by atoms with Gasteiger partial charge >= 0.3 is 0 Å². The van der Waals surface area contributed by atoms with Gasteiger partial charge in [0.2, 0.25) is 0 Å². The number of hydrogen-bond donors (Lipinski definition) is 0. The quantitative estimate of drug-likeness (QED) is 0.718. The van der Waals surface area contributed by atoms with Crippen molar-refractivity contribution in [3.05, 3.63) is 46.0 Å². The first kappa shape index (κ1) is 12.0. The molecule has 1 heterocycles. The first-order chi connectivity index (χ1) is 7.97. The minimum atomic E-state index is -0.294. The third-order valence-corrected chi connectivity index (χ3v) is 3.00. The number of halogens is 2. The fourth-order valence-corrected chi connectivity index (χ4v) is 1.81. The molecule has 2 rings (SSSR count). The zero-order valence-electron chi connectivity index (χ0n) is 9.88. The highest BCUT2D eigenvalue weighted by molar-refractivity contribution is 6.30. The van der Waals surface area contributed by atoms with Crippen LogP contribution in [-0.4, -0.2) is 9.97 Å². The number of nitrogens with zero attached hydrogens (tertiary/aromatic N) is 2. The van der Waals surface area contributed by atoms with E-state index in [9.17, 15) is 4.39 Å². The van der Waals surface area contributed by atoms with Gasteiger partial charge in [-0.3, -0.25) is 0 Å². The first-order valence-corrected chi connectivity index (χ1v) is 5.63. The molecule has 1 aromatic heterocycles. The Bertz CT molecular complexity index is 538. The van der Waals surface area contributed by atoms with Crippen LogP contribution in [0.4, 0.5) is 4.39 Å². The molecule has 0 N–H and O–H groups in total. The van der Waals surface area contributed by atoms with E-state index < -0.39 is 0 Å². The molecule has 0 amide bonds. The lowest BCUT2D eigenvalue weighted by molar-refractivity contribution is 0.627. The van der Waals surface area contributed by atoms with E-state index in [1.54, 1.807) is 0 Å². The van der Waals surface area contributed by atoms with Crippen molar-refractivity contribution in [2.24, 2.45) is 0 Å². The molecule has 0 spiro atoms. The van der Waals surface area contributed by atoms with E-state index in [0.717, 1.165) is 16.8 Å². The molecule has 0 unspecified atom stereocenters. The smallest absolute Gasteiger partial charge is 0.161 e. The Hall–Kier alpha value is -1.48. The Morgan fingerprint density at radius 2 is 1.76 bits per heavy atom. The molecule has 0 saturated carbocycles. The van der Waals surface area contributed by atoms with E-state index in [1.807, 2.05) is 26.8 Å². The predicted molar refractivity (Wildman–Crippen MR) is 66.6 cm³/mol. The van der Waals surface area contributed by atoms with Crippen LogP contribution in [0.15, 0.2) is 18.2 Å². The number of hydrogen-bond acceptors (Lipinski definition) is 2. The summed E-state index contributed by atoms with van der Waals surface area (Å²) in [4.78, 5) is 8.50. The molecule has 2 aromatic rings. The highest BCUT2D eigenvalue weighted by Crippen LogP contribution is 2.23. The topological polar surface area (TPSA) is 25.8 Å². The highest BCUT2D eigenvalue weighted by Gasteiger charge is 2.09. The van der Waals surface area contributed by atoms with Crippen molar-refractivity contribution < 1.29 is 4.39 Å². The lowest BCUT2D eigenvalue weighted by atomic mass is 10.1. The molecule has 88 valence electrons. The SMILES string of the molecule is Cc1cc(F)cc(-c2nc(C)c(C)c(Cl)n2)c1. The summed E-state index contributed by atoms with van der Waals surface area (Å²) < 4.78 is 13.3. The molecule has 0 aliphatic rings. The van der Waals surface area contributed by atoms with Crippen molar-refractivity contribution in [1.82, 2.24) is 9.97 Å². The summed E-state index contributed by atoms with van der Waals surface area (Å²) in [5.41, 5.74) is 3.14. The maximum Gasteiger partial charge on any atom is 0.161 e. The highest BCUT2D eigenvalue weighted by atomic mass is 35.5. The second-order valence-electron chi connectivity index (χ2n) is 4.07. The van der Waals surface area contributed by atoms with Crippen LogP contribution in [0, 0.1) is 26.6 Å². The average Bonchev–Trinajstić information content (AvgIpc) is 2.23. The standard InChI is InChI=1S/C13H12ClFN2/c1-7-4-10(6-11(15)5-7)13-16-9(3)8(2)12(14)17-13/h4-6H,1-3H3. The number of aryl methyl sites for hydroxylation is 2. The van der Waals surface area contributed by atoms with Crippen LogP contribution in [0.1, 0.15) is 16.8 Å². The van der Waals surface area contributed by atoms with E-state index in [-0.39, 0.29) is 5.82 Å². The van der Waals surface area contributed by atoms with Gasteiger partial charge in [0, 0.05) is 16.8 Å².